The van der Waals surface area contributed by atoms with E-state index in [1.54, 1.807) is 7.11 Å². The molecule has 110 valence electrons. The fraction of sp³-hybridized carbons (Fsp3) is 1.00. The molecule has 0 aliphatic heterocycles. The highest BCUT2D eigenvalue weighted by Gasteiger charge is 2.19. The Morgan fingerprint density at radius 1 is 1.00 bits per heavy atom. The van der Waals surface area contributed by atoms with Gasteiger partial charge >= 0.3 is 0 Å². The smallest absolute Gasteiger partial charge is 0.0701 e. The van der Waals surface area contributed by atoms with Gasteiger partial charge in [0.1, 0.15) is 0 Å². The first kappa shape index (κ1) is 17.8. The monoisotopic (exact) mass is 263 g/mol. The average Bonchev–Trinajstić information content (AvgIpc) is 2.40. The highest BCUT2D eigenvalue weighted by Crippen LogP contribution is 2.12. The molecule has 0 bridgehead atoms. The van der Waals surface area contributed by atoms with Crippen molar-refractivity contribution < 1.29 is 19.3 Å². The van der Waals surface area contributed by atoms with Gasteiger partial charge in [0.05, 0.1) is 33.0 Å². The largest absolute Gasteiger partial charge is 0.394 e. The number of aliphatic hydroxyl groups is 1. The van der Waals surface area contributed by atoms with E-state index in [-0.39, 0.29) is 12.1 Å². The van der Waals surface area contributed by atoms with Gasteiger partial charge in [0, 0.05) is 19.3 Å². The molecular formula is C13H29NO4. The molecule has 0 amide bonds. The predicted octanol–water partition coefficient (Wildman–Crippen LogP) is 0.807. The third-order valence-corrected chi connectivity index (χ3v) is 3.02. The summed E-state index contributed by atoms with van der Waals surface area (Å²) < 4.78 is 15.6. The SMILES string of the molecule is CNC(C)(CO)CCCCOCCOCCOC. The number of unbranched alkanes of at least 4 members (excludes halogenated alkanes) is 1. The number of ether oxygens (including phenoxy) is 3. The van der Waals surface area contributed by atoms with Crippen molar-refractivity contribution in [1.82, 2.24) is 5.32 Å². The summed E-state index contributed by atoms with van der Waals surface area (Å²) in [4.78, 5) is 0. The van der Waals surface area contributed by atoms with Crippen molar-refractivity contribution in [2.75, 3.05) is 53.8 Å². The summed E-state index contributed by atoms with van der Waals surface area (Å²) in [6.07, 6.45) is 3.01. The molecule has 5 nitrogen and oxygen atoms in total. The summed E-state index contributed by atoms with van der Waals surface area (Å²) in [5.41, 5.74) is -0.163. The molecule has 0 aromatic heterocycles. The Hall–Kier alpha value is -0.200. The third kappa shape index (κ3) is 9.79. The molecule has 0 aromatic carbocycles. The van der Waals surface area contributed by atoms with Crippen molar-refractivity contribution in [2.24, 2.45) is 0 Å². The predicted molar refractivity (Wildman–Crippen MR) is 71.9 cm³/mol. The van der Waals surface area contributed by atoms with Gasteiger partial charge in [0.15, 0.2) is 0 Å². The zero-order valence-electron chi connectivity index (χ0n) is 12.0. The van der Waals surface area contributed by atoms with Gasteiger partial charge < -0.3 is 24.6 Å². The van der Waals surface area contributed by atoms with E-state index < -0.39 is 0 Å². The molecule has 0 rings (SSSR count). The number of hydrogen-bond acceptors (Lipinski definition) is 5. The molecule has 0 aromatic rings. The Labute approximate surface area is 111 Å². The molecule has 0 spiro atoms. The minimum Gasteiger partial charge on any atom is -0.394 e. The molecule has 0 saturated carbocycles. The van der Waals surface area contributed by atoms with Crippen LogP contribution in [-0.2, 0) is 14.2 Å². The van der Waals surface area contributed by atoms with Gasteiger partial charge in [-0.3, -0.25) is 0 Å². The number of methoxy groups -OCH3 is 1. The fourth-order valence-corrected chi connectivity index (χ4v) is 1.47. The molecule has 0 radical (unpaired) electrons. The van der Waals surface area contributed by atoms with Crippen LogP contribution in [0.3, 0.4) is 0 Å². The molecule has 1 atom stereocenters. The van der Waals surface area contributed by atoms with Crippen LogP contribution >= 0.6 is 0 Å². The lowest BCUT2D eigenvalue weighted by Gasteiger charge is -2.26. The van der Waals surface area contributed by atoms with Gasteiger partial charge in [-0.25, -0.2) is 0 Å². The average molecular weight is 263 g/mol. The Bertz CT molecular complexity index is 174. The summed E-state index contributed by atoms with van der Waals surface area (Å²) >= 11 is 0. The van der Waals surface area contributed by atoms with Gasteiger partial charge in [0.25, 0.3) is 0 Å². The Morgan fingerprint density at radius 2 is 1.61 bits per heavy atom. The van der Waals surface area contributed by atoms with Gasteiger partial charge in [-0.15, -0.1) is 0 Å². The first-order chi connectivity index (χ1) is 8.68. The maximum Gasteiger partial charge on any atom is 0.0701 e. The van der Waals surface area contributed by atoms with Crippen molar-refractivity contribution in [3.8, 4) is 0 Å². The van der Waals surface area contributed by atoms with E-state index in [4.69, 9.17) is 14.2 Å². The van der Waals surface area contributed by atoms with E-state index in [1.807, 2.05) is 14.0 Å². The molecule has 0 fully saturated rings. The van der Waals surface area contributed by atoms with Crippen LogP contribution in [0.15, 0.2) is 0 Å². The summed E-state index contributed by atoms with van der Waals surface area (Å²) in [6, 6.07) is 0. The molecule has 0 heterocycles. The summed E-state index contributed by atoms with van der Waals surface area (Å²) in [5.74, 6) is 0. The zero-order valence-corrected chi connectivity index (χ0v) is 12.0. The van der Waals surface area contributed by atoms with Gasteiger partial charge in [-0.1, -0.05) is 0 Å². The number of hydrogen-bond donors (Lipinski definition) is 2. The molecule has 0 aliphatic rings. The normalized spacial score (nSPS) is 14.7. The Morgan fingerprint density at radius 3 is 2.17 bits per heavy atom. The minimum atomic E-state index is -0.163. The molecule has 0 aliphatic carbocycles. The summed E-state index contributed by atoms with van der Waals surface area (Å²) in [6.45, 7) is 5.44. The van der Waals surface area contributed by atoms with Crippen molar-refractivity contribution >= 4 is 0 Å². The number of rotatable bonds is 13. The number of aliphatic hydroxyl groups excluding tert-OH is 1. The summed E-state index contributed by atoms with van der Waals surface area (Å²) in [7, 11) is 3.54. The quantitative estimate of drug-likeness (QED) is 0.482. The highest BCUT2D eigenvalue weighted by molar-refractivity contribution is 4.79. The first-order valence-corrected chi connectivity index (χ1v) is 6.62. The van der Waals surface area contributed by atoms with Crippen LogP contribution in [0, 0.1) is 0 Å². The van der Waals surface area contributed by atoms with Crippen molar-refractivity contribution in [1.29, 1.82) is 0 Å². The van der Waals surface area contributed by atoms with Crippen LogP contribution in [0.2, 0.25) is 0 Å². The Kier molecular flexibility index (Phi) is 11.7. The second kappa shape index (κ2) is 11.9. The standard InChI is InChI=1S/C13H29NO4/c1-13(12-15,14-2)6-4-5-7-17-10-11-18-9-8-16-3/h14-15H,4-12H2,1-3H3. The van der Waals surface area contributed by atoms with E-state index in [9.17, 15) is 5.11 Å². The van der Waals surface area contributed by atoms with Crippen molar-refractivity contribution in [2.45, 2.75) is 31.7 Å². The first-order valence-electron chi connectivity index (χ1n) is 6.62. The van der Waals surface area contributed by atoms with Crippen LogP contribution in [0.5, 0.6) is 0 Å². The number of nitrogens with one attached hydrogen (secondary N) is 1. The molecule has 1 unspecified atom stereocenters. The zero-order chi connectivity index (χ0) is 13.7. The van der Waals surface area contributed by atoms with E-state index >= 15 is 0 Å². The maximum atomic E-state index is 9.21. The molecule has 5 heteroatoms. The lowest BCUT2D eigenvalue weighted by Crippen LogP contribution is -2.43. The second-order valence-corrected chi connectivity index (χ2v) is 4.64. The van der Waals surface area contributed by atoms with E-state index in [1.165, 1.54) is 0 Å². The van der Waals surface area contributed by atoms with Gasteiger partial charge in [0.2, 0.25) is 0 Å². The van der Waals surface area contributed by atoms with Crippen LogP contribution in [0.1, 0.15) is 26.2 Å². The van der Waals surface area contributed by atoms with Gasteiger partial charge in [-0.05, 0) is 33.2 Å². The topological polar surface area (TPSA) is 60.0 Å². The molecule has 2 N–H and O–H groups in total. The van der Waals surface area contributed by atoms with Crippen LogP contribution in [0.25, 0.3) is 0 Å². The van der Waals surface area contributed by atoms with E-state index in [0.717, 1.165) is 25.9 Å². The fourth-order valence-electron chi connectivity index (χ4n) is 1.47. The lowest BCUT2D eigenvalue weighted by molar-refractivity contribution is 0.0235. The Balaban J connectivity index is 3.21. The number of likely N-dealkylation sites (N-methyl/N-ethyl adjacent to an activating group) is 1. The maximum absolute atomic E-state index is 9.21. The van der Waals surface area contributed by atoms with Crippen LogP contribution < -0.4 is 5.32 Å². The van der Waals surface area contributed by atoms with Crippen LogP contribution in [-0.4, -0.2) is 64.4 Å². The third-order valence-electron chi connectivity index (χ3n) is 3.02. The lowest BCUT2D eigenvalue weighted by atomic mass is 9.96. The minimum absolute atomic E-state index is 0.163. The van der Waals surface area contributed by atoms with Crippen LogP contribution in [0.4, 0.5) is 0 Å². The van der Waals surface area contributed by atoms with Crippen molar-refractivity contribution in [3.63, 3.8) is 0 Å². The van der Waals surface area contributed by atoms with E-state index in [0.29, 0.717) is 26.4 Å². The van der Waals surface area contributed by atoms with Crippen molar-refractivity contribution in [3.05, 3.63) is 0 Å². The van der Waals surface area contributed by atoms with Gasteiger partial charge in [-0.2, -0.15) is 0 Å². The molecular weight excluding hydrogens is 234 g/mol. The second-order valence-electron chi connectivity index (χ2n) is 4.64. The summed E-state index contributed by atoms with van der Waals surface area (Å²) in [5, 5.41) is 12.3. The van der Waals surface area contributed by atoms with E-state index in [2.05, 4.69) is 5.32 Å². The molecule has 0 saturated heterocycles. The molecule has 18 heavy (non-hydrogen) atoms. The highest BCUT2D eigenvalue weighted by atomic mass is 16.5.